The number of benzene rings is 1. The first-order chi connectivity index (χ1) is 6.43. The Hall–Kier alpha value is -0.820. The molecule has 14 heavy (non-hydrogen) atoms. The van der Waals surface area contributed by atoms with E-state index in [0.717, 1.165) is 5.56 Å². The Kier molecular flexibility index (Phi) is 3.33. The molecule has 1 aromatic rings. The lowest BCUT2D eigenvalue weighted by Gasteiger charge is -2.11. The third kappa shape index (κ3) is 2.16. The maximum atomic E-state index is 10.6. The molecule has 4 nitrogen and oxygen atoms in total. The topological polar surface area (TPSA) is 83.5 Å². The normalized spacial score (nSPS) is 12.5. The smallest absolute Gasteiger partial charge is 0.325 e. The van der Waals surface area contributed by atoms with Crippen molar-refractivity contribution < 1.29 is 15.0 Å². The Bertz CT molecular complexity index is 379. The zero-order valence-electron chi connectivity index (χ0n) is 7.49. The van der Waals surface area contributed by atoms with Crippen molar-refractivity contribution in [2.45, 2.75) is 13.0 Å². The highest BCUT2D eigenvalue weighted by molar-refractivity contribution is 14.1. The van der Waals surface area contributed by atoms with Crippen molar-refractivity contribution in [2.24, 2.45) is 5.73 Å². The second-order valence-corrected chi connectivity index (χ2v) is 4.16. The Morgan fingerprint density at radius 2 is 2.14 bits per heavy atom. The van der Waals surface area contributed by atoms with Crippen LogP contribution >= 0.6 is 22.6 Å². The van der Waals surface area contributed by atoms with Crippen molar-refractivity contribution >= 4 is 28.6 Å². The van der Waals surface area contributed by atoms with Crippen molar-refractivity contribution in [3.8, 4) is 5.75 Å². The van der Waals surface area contributed by atoms with Gasteiger partial charge in [0.25, 0.3) is 0 Å². The highest BCUT2D eigenvalue weighted by atomic mass is 127. The van der Waals surface area contributed by atoms with E-state index < -0.39 is 12.0 Å². The molecule has 5 heteroatoms. The number of carbonyl (C=O) groups is 1. The summed E-state index contributed by atoms with van der Waals surface area (Å²) in [6.45, 7) is 1.82. The fraction of sp³-hybridized carbons (Fsp3) is 0.222. The maximum Gasteiger partial charge on any atom is 0.325 e. The Morgan fingerprint density at radius 1 is 1.57 bits per heavy atom. The van der Waals surface area contributed by atoms with E-state index in [1.807, 2.05) is 29.5 Å². The molecule has 0 aliphatic heterocycles. The molecule has 0 fully saturated rings. The lowest BCUT2D eigenvalue weighted by atomic mass is 10.0. The molecule has 0 radical (unpaired) electrons. The standard InChI is InChI=1S/C9H10INO3/c1-4-2-5(7(11)9(13)14)8(12)6(10)3-4/h2-3,7,12H,11H2,1H3,(H,13,14)/t7-/m0/s1. The molecule has 0 spiro atoms. The van der Waals surface area contributed by atoms with Crippen LogP contribution in [-0.2, 0) is 4.79 Å². The van der Waals surface area contributed by atoms with E-state index in [0.29, 0.717) is 3.57 Å². The molecule has 1 aromatic carbocycles. The van der Waals surface area contributed by atoms with Gasteiger partial charge >= 0.3 is 5.97 Å². The summed E-state index contributed by atoms with van der Waals surface area (Å²) in [5, 5.41) is 18.3. The predicted molar refractivity (Wildman–Crippen MR) is 60.1 cm³/mol. The monoisotopic (exact) mass is 307 g/mol. The second-order valence-electron chi connectivity index (χ2n) is 3.00. The summed E-state index contributed by atoms with van der Waals surface area (Å²) in [4.78, 5) is 10.6. The van der Waals surface area contributed by atoms with E-state index in [1.54, 1.807) is 12.1 Å². The highest BCUT2D eigenvalue weighted by Gasteiger charge is 2.19. The molecule has 0 aromatic heterocycles. The number of carboxylic acid groups (broad SMARTS) is 1. The first-order valence-electron chi connectivity index (χ1n) is 3.91. The molecular weight excluding hydrogens is 297 g/mol. The van der Waals surface area contributed by atoms with Crippen LogP contribution in [0.1, 0.15) is 17.2 Å². The third-order valence-electron chi connectivity index (χ3n) is 1.84. The molecule has 0 bridgehead atoms. The highest BCUT2D eigenvalue weighted by Crippen LogP contribution is 2.29. The van der Waals surface area contributed by atoms with Gasteiger partial charge in [-0.05, 0) is 41.1 Å². The number of halogens is 1. The average Bonchev–Trinajstić information content (AvgIpc) is 2.09. The van der Waals surface area contributed by atoms with Crippen LogP contribution in [0.25, 0.3) is 0 Å². The van der Waals surface area contributed by atoms with Gasteiger partial charge in [0.1, 0.15) is 11.8 Å². The van der Waals surface area contributed by atoms with Gasteiger partial charge in [0.15, 0.2) is 0 Å². The first kappa shape index (κ1) is 11.3. The summed E-state index contributed by atoms with van der Waals surface area (Å²) in [6.07, 6.45) is 0. The van der Waals surface area contributed by atoms with E-state index in [2.05, 4.69) is 0 Å². The number of hydrogen-bond acceptors (Lipinski definition) is 3. The van der Waals surface area contributed by atoms with Gasteiger partial charge in [-0.25, -0.2) is 0 Å². The molecule has 0 saturated heterocycles. The van der Waals surface area contributed by atoms with Crippen molar-refractivity contribution in [2.75, 3.05) is 0 Å². The number of hydrogen-bond donors (Lipinski definition) is 3. The molecule has 1 rings (SSSR count). The number of rotatable bonds is 2. The zero-order chi connectivity index (χ0) is 10.9. The van der Waals surface area contributed by atoms with Crippen molar-refractivity contribution in [1.29, 1.82) is 0 Å². The fourth-order valence-electron chi connectivity index (χ4n) is 1.13. The first-order valence-corrected chi connectivity index (χ1v) is 4.98. The molecule has 1 atom stereocenters. The van der Waals surface area contributed by atoms with Crippen LogP contribution in [0.3, 0.4) is 0 Å². The number of nitrogens with two attached hydrogens (primary N) is 1. The summed E-state index contributed by atoms with van der Waals surface area (Å²) >= 11 is 1.93. The molecule has 0 aliphatic rings. The maximum absolute atomic E-state index is 10.6. The molecule has 0 amide bonds. The van der Waals surface area contributed by atoms with Crippen LogP contribution in [0.4, 0.5) is 0 Å². The van der Waals surface area contributed by atoms with E-state index in [1.165, 1.54) is 0 Å². The van der Waals surface area contributed by atoms with Crippen molar-refractivity contribution in [1.82, 2.24) is 0 Å². The van der Waals surface area contributed by atoms with Gasteiger partial charge in [0.2, 0.25) is 0 Å². The van der Waals surface area contributed by atoms with E-state index >= 15 is 0 Å². The van der Waals surface area contributed by atoms with Crippen LogP contribution in [0.15, 0.2) is 12.1 Å². The third-order valence-corrected chi connectivity index (χ3v) is 2.66. The molecule has 4 N–H and O–H groups in total. The van der Waals surface area contributed by atoms with E-state index in [4.69, 9.17) is 10.8 Å². The van der Waals surface area contributed by atoms with Crippen LogP contribution in [0, 0.1) is 10.5 Å². The Morgan fingerprint density at radius 3 is 2.64 bits per heavy atom. The molecule has 0 heterocycles. The molecule has 0 unspecified atom stereocenters. The Labute approximate surface area is 94.9 Å². The van der Waals surface area contributed by atoms with Crippen LogP contribution in [-0.4, -0.2) is 16.2 Å². The van der Waals surface area contributed by atoms with Gasteiger partial charge in [-0.3, -0.25) is 4.79 Å². The molecule has 76 valence electrons. The fourth-order valence-corrected chi connectivity index (χ4v) is 1.93. The van der Waals surface area contributed by atoms with Crippen LogP contribution in [0.5, 0.6) is 5.75 Å². The number of phenols is 1. The summed E-state index contributed by atoms with van der Waals surface area (Å²) in [6, 6.07) is 2.16. The number of carboxylic acids is 1. The van der Waals surface area contributed by atoms with E-state index in [9.17, 15) is 9.90 Å². The van der Waals surface area contributed by atoms with Crippen LogP contribution in [0.2, 0.25) is 0 Å². The second kappa shape index (κ2) is 4.14. The zero-order valence-corrected chi connectivity index (χ0v) is 9.65. The van der Waals surface area contributed by atoms with Gasteiger partial charge in [-0.2, -0.15) is 0 Å². The lowest BCUT2D eigenvalue weighted by molar-refractivity contribution is -0.138. The lowest BCUT2D eigenvalue weighted by Crippen LogP contribution is -2.21. The molecular formula is C9H10INO3. The van der Waals surface area contributed by atoms with Gasteiger partial charge in [-0.1, -0.05) is 6.07 Å². The number of phenolic OH excluding ortho intramolecular Hbond substituents is 1. The van der Waals surface area contributed by atoms with Crippen molar-refractivity contribution in [3.05, 3.63) is 26.8 Å². The average molecular weight is 307 g/mol. The molecule has 0 aliphatic carbocycles. The van der Waals surface area contributed by atoms with Crippen molar-refractivity contribution in [3.63, 3.8) is 0 Å². The summed E-state index contributed by atoms with van der Waals surface area (Å²) in [5.41, 5.74) is 6.54. The largest absolute Gasteiger partial charge is 0.506 e. The number of aryl methyl sites for hydroxylation is 1. The van der Waals surface area contributed by atoms with Gasteiger partial charge in [0, 0.05) is 5.56 Å². The minimum absolute atomic E-state index is 0.0499. The quantitative estimate of drug-likeness (QED) is 0.721. The van der Waals surface area contributed by atoms with Gasteiger partial charge in [0.05, 0.1) is 3.57 Å². The van der Waals surface area contributed by atoms with Gasteiger partial charge in [-0.15, -0.1) is 0 Å². The molecule has 0 saturated carbocycles. The Balaban J connectivity index is 3.26. The number of aliphatic carboxylic acids is 1. The number of aromatic hydroxyl groups is 1. The minimum Gasteiger partial charge on any atom is -0.506 e. The summed E-state index contributed by atoms with van der Waals surface area (Å²) in [7, 11) is 0. The predicted octanol–water partition coefficient (Wildman–Crippen LogP) is 1.39. The van der Waals surface area contributed by atoms with Gasteiger partial charge < -0.3 is 15.9 Å². The minimum atomic E-state index is -1.18. The SMILES string of the molecule is Cc1cc(I)c(O)c([C@H](N)C(=O)O)c1. The van der Waals surface area contributed by atoms with E-state index in [-0.39, 0.29) is 11.3 Å². The summed E-state index contributed by atoms with van der Waals surface area (Å²) in [5.74, 6) is -1.20. The summed E-state index contributed by atoms with van der Waals surface area (Å²) < 4.78 is 0.606. The van der Waals surface area contributed by atoms with Crippen LogP contribution < -0.4 is 5.73 Å².